The van der Waals surface area contributed by atoms with Crippen LogP contribution in [-0.4, -0.2) is 60.8 Å². The number of methoxy groups -OCH3 is 2. The number of amides is 2. The Morgan fingerprint density at radius 1 is 1.15 bits per heavy atom. The highest BCUT2D eigenvalue weighted by atomic mass is 32.1. The molecule has 2 heterocycles. The van der Waals surface area contributed by atoms with Gasteiger partial charge in [-0.05, 0) is 29.3 Å². The third-order valence-electron chi connectivity index (χ3n) is 4.91. The highest BCUT2D eigenvalue weighted by Gasteiger charge is 2.31. The fraction of sp³-hybridized carbons (Fsp3) is 0.273. The normalized spacial score (nSPS) is 14.8. The minimum Gasteiger partial charge on any atom is -0.497 e. The van der Waals surface area contributed by atoms with E-state index in [-0.39, 0.29) is 36.0 Å². The fourth-order valence-corrected chi connectivity index (χ4v) is 4.44. The molecule has 0 radical (unpaired) electrons. The first kappa shape index (κ1) is 24.7. The third kappa shape index (κ3) is 5.91. The Balaban J connectivity index is 1.64. The van der Waals surface area contributed by atoms with Crippen LogP contribution >= 0.6 is 11.3 Å². The Bertz CT molecular complexity index is 1130. The highest BCUT2D eigenvalue weighted by Crippen LogP contribution is 2.37. The maximum absolute atomic E-state index is 12.3. The molecule has 4 N–H and O–H groups in total. The molecule has 11 nitrogen and oxygen atoms in total. The lowest BCUT2D eigenvalue weighted by atomic mass is 10.0. The summed E-state index contributed by atoms with van der Waals surface area (Å²) in [6.45, 7) is 0.193. The number of carbonyl (C=O) groups excluding carboxylic acids is 2. The molecule has 2 aromatic rings. The molecule has 1 aliphatic heterocycles. The minimum absolute atomic E-state index is 0.0603. The van der Waals surface area contributed by atoms with Crippen LogP contribution in [0.1, 0.15) is 26.4 Å². The summed E-state index contributed by atoms with van der Waals surface area (Å²) < 4.78 is 16.1. The number of aromatic carboxylic acids is 1. The number of thiophene rings is 1. The summed E-state index contributed by atoms with van der Waals surface area (Å²) in [4.78, 5) is 46.9. The summed E-state index contributed by atoms with van der Waals surface area (Å²) in [6, 6.07) is 5.19. The first-order chi connectivity index (χ1) is 16.2. The SMILES string of the molecule is COc1cc(C=CC(=O)NCC2Cc3c(sc(NC(=O)C(=O)O)c3C(=O)O)CO2)cc(OC)c1. The van der Waals surface area contributed by atoms with E-state index in [1.807, 2.05) is 0 Å². The van der Waals surface area contributed by atoms with E-state index in [0.717, 1.165) is 11.3 Å². The topological polar surface area (TPSA) is 160 Å². The van der Waals surface area contributed by atoms with Crippen molar-refractivity contribution in [1.82, 2.24) is 5.32 Å². The predicted octanol–water partition coefficient (Wildman–Crippen LogP) is 1.76. The quantitative estimate of drug-likeness (QED) is 0.319. The number of hydrogen-bond donors (Lipinski definition) is 4. The van der Waals surface area contributed by atoms with Gasteiger partial charge in [0.25, 0.3) is 0 Å². The van der Waals surface area contributed by atoms with E-state index in [1.165, 1.54) is 20.3 Å². The lowest BCUT2D eigenvalue weighted by Gasteiger charge is -2.23. The smallest absolute Gasteiger partial charge is 0.394 e. The van der Waals surface area contributed by atoms with Crippen molar-refractivity contribution in [3.05, 3.63) is 45.8 Å². The number of carboxylic acids is 2. The van der Waals surface area contributed by atoms with Crippen molar-refractivity contribution in [2.24, 2.45) is 0 Å². The van der Waals surface area contributed by atoms with Gasteiger partial charge >= 0.3 is 17.8 Å². The van der Waals surface area contributed by atoms with Gasteiger partial charge in [0.15, 0.2) is 0 Å². The Hall–Kier alpha value is -3.90. The predicted molar refractivity (Wildman–Crippen MR) is 121 cm³/mol. The molecule has 1 aliphatic rings. The molecular formula is C22H22N2O9S. The maximum atomic E-state index is 12.3. The van der Waals surface area contributed by atoms with Crippen LogP contribution in [0.5, 0.6) is 11.5 Å². The Morgan fingerprint density at radius 3 is 2.41 bits per heavy atom. The maximum Gasteiger partial charge on any atom is 0.394 e. The standard InChI is InChI=1S/C22H22N2O9S/c1-31-12-5-11(6-13(7-12)32-2)3-4-17(25)23-9-14-8-15-16(10-33-14)34-20(18(15)21(27)28)24-19(26)22(29)30/h3-7,14H,8-10H2,1-2H3,(H,23,25)(H,24,26)(H,27,28)(H,29,30). The summed E-state index contributed by atoms with van der Waals surface area (Å²) in [7, 11) is 3.05. The molecule has 180 valence electrons. The molecule has 34 heavy (non-hydrogen) atoms. The van der Waals surface area contributed by atoms with Gasteiger partial charge in [0.05, 0.1) is 32.5 Å². The first-order valence-electron chi connectivity index (χ1n) is 9.94. The highest BCUT2D eigenvalue weighted by molar-refractivity contribution is 7.17. The molecule has 1 aromatic carbocycles. The molecule has 0 bridgehead atoms. The van der Waals surface area contributed by atoms with Gasteiger partial charge in [0.1, 0.15) is 16.5 Å². The van der Waals surface area contributed by atoms with Crippen molar-refractivity contribution in [3.8, 4) is 11.5 Å². The second kappa shape index (κ2) is 10.8. The molecule has 0 spiro atoms. The third-order valence-corrected chi connectivity index (χ3v) is 6.03. The summed E-state index contributed by atoms with van der Waals surface area (Å²) in [6.07, 6.45) is 2.61. The molecule has 12 heteroatoms. The number of anilines is 1. The summed E-state index contributed by atoms with van der Waals surface area (Å²) in [5.74, 6) is -3.57. The summed E-state index contributed by atoms with van der Waals surface area (Å²) >= 11 is 0.954. The number of benzene rings is 1. The molecular weight excluding hydrogens is 468 g/mol. The van der Waals surface area contributed by atoms with Crippen molar-refractivity contribution >= 4 is 46.2 Å². The first-order valence-corrected chi connectivity index (χ1v) is 10.8. The van der Waals surface area contributed by atoms with E-state index >= 15 is 0 Å². The van der Waals surface area contributed by atoms with Crippen LogP contribution in [0.3, 0.4) is 0 Å². The number of fused-ring (bicyclic) bond motifs is 1. The molecule has 0 fully saturated rings. The molecule has 3 rings (SSSR count). The van der Waals surface area contributed by atoms with Crippen LogP contribution in [-0.2, 0) is 32.1 Å². The Labute approximate surface area is 197 Å². The van der Waals surface area contributed by atoms with Crippen LogP contribution < -0.4 is 20.1 Å². The largest absolute Gasteiger partial charge is 0.497 e. The van der Waals surface area contributed by atoms with Crippen molar-refractivity contribution < 1.29 is 43.6 Å². The van der Waals surface area contributed by atoms with E-state index in [9.17, 15) is 24.3 Å². The van der Waals surface area contributed by atoms with E-state index in [1.54, 1.807) is 24.3 Å². The molecule has 0 aliphatic carbocycles. The van der Waals surface area contributed by atoms with Crippen molar-refractivity contribution in [2.45, 2.75) is 19.1 Å². The van der Waals surface area contributed by atoms with Gasteiger partial charge in [0, 0.05) is 30.0 Å². The number of carboxylic acid groups (broad SMARTS) is 2. The molecule has 0 saturated heterocycles. The lowest BCUT2D eigenvalue weighted by molar-refractivity contribution is -0.147. The van der Waals surface area contributed by atoms with Gasteiger partial charge in [-0.3, -0.25) is 9.59 Å². The molecule has 1 atom stereocenters. The van der Waals surface area contributed by atoms with Gasteiger partial charge in [-0.2, -0.15) is 0 Å². The number of rotatable bonds is 8. The van der Waals surface area contributed by atoms with Gasteiger partial charge in [0.2, 0.25) is 5.91 Å². The number of carbonyl (C=O) groups is 4. The van der Waals surface area contributed by atoms with E-state index in [4.69, 9.17) is 19.3 Å². The zero-order chi connectivity index (χ0) is 24.8. The van der Waals surface area contributed by atoms with E-state index in [0.29, 0.717) is 27.5 Å². The number of ether oxygens (including phenoxy) is 3. The van der Waals surface area contributed by atoms with Crippen LogP contribution in [0, 0.1) is 0 Å². The van der Waals surface area contributed by atoms with Crippen LogP contribution in [0.15, 0.2) is 24.3 Å². The van der Waals surface area contributed by atoms with E-state index < -0.39 is 23.9 Å². The average molecular weight is 490 g/mol. The number of aliphatic carboxylic acids is 1. The monoisotopic (exact) mass is 490 g/mol. The van der Waals surface area contributed by atoms with Crippen molar-refractivity contribution in [1.29, 1.82) is 0 Å². The van der Waals surface area contributed by atoms with E-state index in [2.05, 4.69) is 10.6 Å². The van der Waals surface area contributed by atoms with Gasteiger partial charge in [-0.15, -0.1) is 11.3 Å². The van der Waals surface area contributed by atoms with Gasteiger partial charge in [-0.1, -0.05) is 0 Å². The lowest BCUT2D eigenvalue weighted by Crippen LogP contribution is -2.36. The zero-order valence-corrected chi connectivity index (χ0v) is 19.1. The number of nitrogens with one attached hydrogen (secondary N) is 2. The van der Waals surface area contributed by atoms with Crippen molar-refractivity contribution in [3.63, 3.8) is 0 Å². The molecule has 1 unspecified atom stereocenters. The molecule has 1 aromatic heterocycles. The summed E-state index contributed by atoms with van der Waals surface area (Å²) in [5.41, 5.74) is 0.981. The Morgan fingerprint density at radius 2 is 1.82 bits per heavy atom. The fourth-order valence-electron chi connectivity index (χ4n) is 3.30. The second-order valence-corrected chi connectivity index (χ2v) is 8.24. The van der Waals surface area contributed by atoms with Crippen LogP contribution in [0.4, 0.5) is 5.00 Å². The minimum atomic E-state index is -1.72. The average Bonchev–Trinajstić information content (AvgIpc) is 3.18. The van der Waals surface area contributed by atoms with Gasteiger partial charge in [-0.25, -0.2) is 9.59 Å². The van der Waals surface area contributed by atoms with Crippen molar-refractivity contribution in [2.75, 3.05) is 26.1 Å². The van der Waals surface area contributed by atoms with Gasteiger partial charge < -0.3 is 35.1 Å². The second-order valence-electron chi connectivity index (χ2n) is 7.13. The molecule has 0 saturated carbocycles. The summed E-state index contributed by atoms with van der Waals surface area (Å²) in [5, 5.41) is 23.1. The van der Waals surface area contributed by atoms with Crippen LogP contribution in [0.2, 0.25) is 0 Å². The zero-order valence-electron chi connectivity index (χ0n) is 18.2. The van der Waals surface area contributed by atoms with Crippen LogP contribution in [0.25, 0.3) is 6.08 Å². The molecule has 2 amide bonds. The number of hydrogen-bond acceptors (Lipinski definition) is 8. The Kier molecular flexibility index (Phi) is 7.87.